The summed E-state index contributed by atoms with van der Waals surface area (Å²) < 4.78 is 24.0. The van der Waals surface area contributed by atoms with E-state index < -0.39 is 11.9 Å². The van der Waals surface area contributed by atoms with Crippen LogP contribution in [0.1, 0.15) is 39.0 Å². The Labute approximate surface area is 161 Å². The second-order valence-corrected chi connectivity index (χ2v) is 8.20. The van der Waals surface area contributed by atoms with Crippen molar-refractivity contribution in [2.24, 2.45) is 11.8 Å². The van der Waals surface area contributed by atoms with E-state index in [0.29, 0.717) is 13.0 Å². The van der Waals surface area contributed by atoms with Crippen LogP contribution in [0, 0.1) is 11.8 Å². The van der Waals surface area contributed by atoms with E-state index in [2.05, 4.69) is 16.8 Å². The van der Waals surface area contributed by atoms with Gasteiger partial charge in [0.2, 0.25) is 0 Å². The van der Waals surface area contributed by atoms with E-state index in [1.165, 1.54) is 25.7 Å². The third-order valence-corrected chi connectivity index (χ3v) is 6.64. The summed E-state index contributed by atoms with van der Waals surface area (Å²) in [6.45, 7) is 9.49. The molecule has 4 bridgehead atoms. The quantitative estimate of drug-likeness (QED) is 0.738. The molecule has 7 nitrogen and oxygen atoms in total. The van der Waals surface area contributed by atoms with Crippen molar-refractivity contribution < 1.29 is 23.7 Å². The van der Waals surface area contributed by atoms with E-state index in [1.54, 1.807) is 7.11 Å². The summed E-state index contributed by atoms with van der Waals surface area (Å²) in [7, 11) is 1.67. The molecule has 152 valence electrons. The average molecular weight is 380 g/mol. The molecule has 4 aliphatic heterocycles. The first-order valence-corrected chi connectivity index (χ1v) is 10.3. The molecular weight excluding hydrogens is 348 g/mol. The molecule has 5 aliphatic rings. The van der Waals surface area contributed by atoms with Gasteiger partial charge in [-0.2, -0.15) is 0 Å². The zero-order chi connectivity index (χ0) is 19.0. The van der Waals surface area contributed by atoms with Crippen molar-refractivity contribution in [2.75, 3.05) is 33.3 Å². The minimum absolute atomic E-state index is 0.0114. The van der Waals surface area contributed by atoms with Gasteiger partial charge in [-0.3, -0.25) is 0 Å². The second-order valence-electron chi connectivity index (χ2n) is 8.20. The number of carbonyl (C=O) groups excluding carboxylic acids is 1. The Balaban J connectivity index is 1.63. The first-order valence-electron chi connectivity index (χ1n) is 10.3. The summed E-state index contributed by atoms with van der Waals surface area (Å²) in [4.78, 5) is 14.7. The van der Waals surface area contributed by atoms with Gasteiger partial charge >= 0.3 is 6.09 Å². The third kappa shape index (κ3) is 3.28. The van der Waals surface area contributed by atoms with Crippen molar-refractivity contribution in [1.29, 1.82) is 0 Å². The number of methoxy groups -OCH3 is 1. The van der Waals surface area contributed by atoms with E-state index in [9.17, 15) is 4.79 Å². The van der Waals surface area contributed by atoms with Gasteiger partial charge in [0.15, 0.2) is 12.6 Å². The molecule has 1 N–H and O–H groups in total. The Bertz CT molecular complexity index is 577. The van der Waals surface area contributed by atoms with Crippen LogP contribution in [0.3, 0.4) is 0 Å². The number of alkyl carbamates (subject to hydrolysis) is 1. The minimum atomic E-state index is -0.606. The van der Waals surface area contributed by atoms with E-state index >= 15 is 0 Å². The summed E-state index contributed by atoms with van der Waals surface area (Å²) in [6, 6.07) is 0. The smallest absolute Gasteiger partial charge is 0.407 e. The molecule has 0 aromatic heterocycles. The van der Waals surface area contributed by atoms with Gasteiger partial charge in [0.25, 0.3) is 0 Å². The van der Waals surface area contributed by atoms with Crippen LogP contribution < -0.4 is 5.32 Å². The average Bonchev–Trinajstić information content (AvgIpc) is 2.79. The first-order chi connectivity index (χ1) is 13.1. The van der Waals surface area contributed by atoms with Crippen LogP contribution in [0.5, 0.6) is 0 Å². The molecule has 6 unspecified atom stereocenters. The molecule has 4 saturated heterocycles. The van der Waals surface area contributed by atoms with Gasteiger partial charge in [0.1, 0.15) is 11.7 Å². The van der Waals surface area contributed by atoms with Crippen LogP contribution in [0.4, 0.5) is 4.79 Å². The molecule has 4 heterocycles. The zero-order valence-electron chi connectivity index (χ0n) is 16.4. The molecule has 6 atom stereocenters. The topological polar surface area (TPSA) is 69.3 Å². The molecular formula is C20H32N2O5. The Morgan fingerprint density at radius 2 is 2.07 bits per heavy atom. The number of carbonyl (C=O) groups is 1. The highest BCUT2D eigenvalue weighted by Crippen LogP contribution is 2.59. The molecule has 1 amide bonds. The molecule has 1 aliphatic carbocycles. The van der Waals surface area contributed by atoms with E-state index in [4.69, 9.17) is 18.9 Å². The maximum atomic E-state index is 12.2. The van der Waals surface area contributed by atoms with Gasteiger partial charge in [-0.05, 0) is 50.8 Å². The molecule has 0 radical (unpaired) electrons. The van der Waals surface area contributed by atoms with Crippen molar-refractivity contribution in [3.05, 3.63) is 12.2 Å². The van der Waals surface area contributed by atoms with Gasteiger partial charge in [0.05, 0.1) is 5.92 Å². The van der Waals surface area contributed by atoms with Crippen molar-refractivity contribution in [3.8, 4) is 0 Å². The fourth-order valence-electron chi connectivity index (χ4n) is 5.41. The number of fused-ring (bicyclic) bond motifs is 1. The standard InChI is InChI=1S/C20H32N2O5/c1-4-21-19(23)25-15-11-14-13(2)17-26-18(24-3)16(14)20(15,27-17)12-22-9-7-5-6-8-10-22/h14-18H,2,4-12H2,1,3H3,(H,21,23). The minimum Gasteiger partial charge on any atom is -0.443 e. The highest BCUT2D eigenvalue weighted by Gasteiger charge is 2.70. The lowest BCUT2D eigenvalue weighted by Gasteiger charge is -2.55. The second kappa shape index (κ2) is 7.70. The van der Waals surface area contributed by atoms with Crippen molar-refractivity contribution in [1.82, 2.24) is 10.2 Å². The van der Waals surface area contributed by atoms with Gasteiger partial charge in [-0.25, -0.2) is 4.79 Å². The van der Waals surface area contributed by atoms with Crippen LogP contribution >= 0.6 is 0 Å². The van der Waals surface area contributed by atoms with Gasteiger partial charge < -0.3 is 29.2 Å². The van der Waals surface area contributed by atoms with E-state index in [-0.39, 0.29) is 30.3 Å². The number of hydrogen-bond acceptors (Lipinski definition) is 6. The monoisotopic (exact) mass is 380 g/mol. The lowest BCUT2D eigenvalue weighted by molar-refractivity contribution is -0.375. The van der Waals surface area contributed by atoms with Crippen LogP contribution in [-0.4, -0.2) is 68.6 Å². The SMILES string of the molecule is C=C1C2OC(OC)C3C1CC(OC(=O)NCC)C3(CN1CCCCCC1)O2. The number of hydrogen-bond donors (Lipinski definition) is 1. The number of rotatable bonds is 5. The fourth-order valence-corrected chi connectivity index (χ4v) is 5.41. The van der Waals surface area contributed by atoms with Crippen molar-refractivity contribution in [3.63, 3.8) is 0 Å². The zero-order valence-corrected chi connectivity index (χ0v) is 16.4. The van der Waals surface area contributed by atoms with E-state index in [0.717, 1.165) is 25.2 Å². The normalized spacial score (nSPS) is 41.4. The lowest BCUT2D eigenvalue weighted by atomic mass is 9.76. The molecule has 5 rings (SSSR count). The fraction of sp³-hybridized carbons (Fsp3) is 0.850. The highest BCUT2D eigenvalue weighted by molar-refractivity contribution is 5.67. The number of likely N-dealkylation sites (tertiary alicyclic amines) is 1. The summed E-state index contributed by atoms with van der Waals surface area (Å²) in [5, 5.41) is 2.75. The lowest BCUT2D eigenvalue weighted by Crippen LogP contribution is -2.67. The first kappa shape index (κ1) is 19.2. The molecule has 0 aromatic rings. The van der Waals surface area contributed by atoms with Crippen molar-refractivity contribution in [2.45, 2.75) is 63.3 Å². The summed E-state index contributed by atoms with van der Waals surface area (Å²) in [5.74, 6) is 0.177. The predicted molar refractivity (Wildman–Crippen MR) is 99.1 cm³/mol. The molecule has 5 fully saturated rings. The van der Waals surface area contributed by atoms with Crippen LogP contribution in [-0.2, 0) is 18.9 Å². The summed E-state index contributed by atoms with van der Waals surface area (Å²) >= 11 is 0. The Morgan fingerprint density at radius 3 is 2.74 bits per heavy atom. The van der Waals surface area contributed by atoms with Crippen LogP contribution in [0.2, 0.25) is 0 Å². The Hall–Kier alpha value is -1.15. The largest absolute Gasteiger partial charge is 0.443 e. The molecule has 1 saturated carbocycles. The Kier molecular flexibility index (Phi) is 5.47. The predicted octanol–water partition coefficient (Wildman–Crippen LogP) is 2.27. The third-order valence-electron chi connectivity index (χ3n) is 6.64. The van der Waals surface area contributed by atoms with E-state index in [1.807, 2.05) is 6.92 Å². The Morgan fingerprint density at radius 1 is 1.33 bits per heavy atom. The highest BCUT2D eigenvalue weighted by atomic mass is 16.8. The van der Waals surface area contributed by atoms with Crippen LogP contribution in [0.15, 0.2) is 12.2 Å². The molecule has 7 heteroatoms. The molecule has 27 heavy (non-hydrogen) atoms. The van der Waals surface area contributed by atoms with Gasteiger partial charge in [0, 0.05) is 20.2 Å². The van der Waals surface area contributed by atoms with Gasteiger partial charge in [-0.15, -0.1) is 0 Å². The maximum Gasteiger partial charge on any atom is 0.407 e. The number of nitrogens with one attached hydrogen (secondary N) is 1. The maximum absolute atomic E-state index is 12.2. The number of nitrogens with zero attached hydrogens (tertiary/aromatic N) is 1. The van der Waals surface area contributed by atoms with Crippen molar-refractivity contribution >= 4 is 6.09 Å². The molecule has 0 aromatic carbocycles. The van der Waals surface area contributed by atoms with Gasteiger partial charge in [-0.1, -0.05) is 19.4 Å². The number of amides is 1. The van der Waals surface area contributed by atoms with Crippen LogP contribution in [0.25, 0.3) is 0 Å². The summed E-state index contributed by atoms with van der Waals surface area (Å²) in [6.07, 6.45) is 4.12. The summed E-state index contributed by atoms with van der Waals surface area (Å²) in [5.41, 5.74) is 0.340. The number of ether oxygens (including phenoxy) is 4. The molecule has 0 spiro atoms.